The van der Waals surface area contributed by atoms with E-state index in [2.05, 4.69) is 24.5 Å². The fourth-order valence-corrected chi connectivity index (χ4v) is 1.85. The minimum atomic E-state index is -0.334. The maximum Gasteiger partial charge on any atom is 0.242 e. The Balaban J connectivity index is 2.61. The molecule has 1 unspecified atom stereocenters. The first-order valence-electron chi connectivity index (χ1n) is 7.24. The molecule has 0 fully saturated rings. The van der Waals surface area contributed by atoms with Gasteiger partial charge >= 0.3 is 0 Å². The zero-order valence-corrected chi connectivity index (χ0v) is 13.5. The number of amides is 1. The average molecular weight is 294 g/mol. The van der Waals surface area contributed by atoms with Crippen molar-refractivity contribution in [2.75, 3.05) is 26.1 Å². The molecule has 1 aromatic rings. The molecule has 0 aliphatic carbocycles. The third kappa shape index (κ3) is 5.53. The molecule has 1 rings (SSSR count). The predicted octanol–water partition coefficient (Wildman–Crippen LogP) is 2.67. The van der Waals surface area contributed by atoms with Crippen LogP contribution >= 0.6 is 0 Å². The van der Waals surface area contributed by atoms with Crippen molar-refractivity contribution < 1.29 is 14.3 Å². The summed E-state index contributed by atoms with van der Waals surface area (Å²) < 4.78 is 10.5. The van der Waals surface area contributed by atoms with Crippen LogP contribution in [0.15, 0.2) is 18.2 Å². The van der Waals surface area contributed by atoms with Crippen LogP contribution in [0.4, 0.5) is 5.69 Å². The van der Waals surface area contributed by atoms with Gasteiger partial charge in [-0.1, -0.05) is 13.8 Å². The summed E-state index contributed by atoms with van der Waals surface area (Å²) in [5.41, 5.74) is 0.768. The molecule has 0 aliphatic heterocycles. The second kappa shape index (κ2) is 8.39. The molecule has 1 atom stereocenters. The molecule has 0 saturated carbocycles. The van der Waals surface area contributed by atoms with Crippen molar-refractivity contribution in [3.63, 3.8) is 0 Å². The summed E-state index contributed by atoms with van der Waals surface area (Å²) in [6, 6.07) is 5.12. The van der Waals surface area contributed by atoms with E-state index in [9.17, 15) is 4.79 Å². The van der Waals surface area contributed by atoms with Gasteiger partial charge in [0, 0.05) is 12.6 Å². The molecule has 21 heavy (non-hydrogen) atoms. The Morgan fingerprint density at radius 2 is 1.90 bits per heavy atom. The molecule has 1 aromatic carbocycles. The number of hydrogen-bond acceptors (Lipinski definition) is 4. The summed E-state index contributed by atoms with van der Waals surface area (Å²) in [6.45, 7) is 6.79. The molecule has 0 bridgehead atoms. The summed E-state index contributed by atoms with van der Waals surface area (Å²) in [5, 5.41) is 6.09. The quantitative estimate of drug-likeness (QED) is 0.774. The Kier molecular flexibility index (Phi) is 6.85. The van der Waals surface area contributed by atoms with E-state index in [1.807, 2.05) is 19.1 Å². The van der Waals surface area contributed by atoms with Crippen molar-refractivity contribution in [2.45, 2.75) is 33.2 Å². The molecular formula is C16H26N2O3. The maximum absolute atomic E-state index is 12.0. The number of hydrogen-bond donors (Lipinski definition) is 2. The Morgan fingerprint density at radius 1 is 1.19 bits per heavy atom. The number of nitrogens with one attached hydrogen (secondary N) is 2. The van der Waals surface area contributed by atoms with E-state index in [1.54, 1.807) is 20.3 Å². The number of rotatable bonds is 8. The molecule has 5 nitrogen and oxygen atoms in total. The normalized spacial score (nSPS) is 11.9. The molecule has 0 radical (unpaired) electrons. The van der Waals surface area contributed by atoms with Gasteiger partial charge in [-0.2, -0.15) is 0 Å². The second-order valence-corrected chi connectivity index (χ2v) is 5.41. The van der Waals surface area contributed by atoms with Crippen molar-refractivity contribution in [3.8, 4) is 11.5 Å². The van der Waals surface area contributed by atoms with Crippen molar-refractivity contribution in [3.05, 3.63) is 18.2 Å². The van der Waals surface area contributed by atoms with Crippen LogP contribution in [-0.2, 0) is 4.79 Å². The highest BCUT2D eigenvalue weighted by Gasteiger charge is 2.14. The van der Waals surface area contributed by atoms with Gasteiger partial charge < -0.3 is 20.1 Å². The van der Waals surface area contributed by atoms with E-state index in [0.29, 0.717) is 24.0 Å². The van der Waals surface area contributed by atoms with Gasteiger partial charge in [0.25, 0.3) is 0 Å². The number of benzene rings is 1. The zero-order chi connectivity index (χ0) is 15.8. The number of anilines is 1. The monoisotopic (exact) mass is 294 g/mol. The van der Waals surface area contributed by atoms with E-state index < -0.39 is 0 Å². The average Bonchev–Trinajstić information content (AvgIpc) is 2.46. The molecule has 5 heteroatoms. The summed E-state index contributed by atoms with van der Waals surface area (Å²) in [6.07, 6.45) is 0.977. The lowest BCUT2D eigenvalue weighted by atomic mass is 10.1. The van der Waals surface area contributed by atoms with Crippen LogP contribution in [0.2, 0.25) is 0 Å². The van der Waals surface area contributed by atoms with Crippen molar-refractivity contribution in [2.24, 2.45) is 5.92 Å². The Morgan fingerprint density at radius 3 is 2.48 bits per heavy atom. The maximum atomic E-state index is 12.0. The van der Waals surface area contributed by atoms with Gasteiger partial charge in [0.05, 0.1) is 19.9 Å². The summed E-state index contributed by atoms with van der Waals surface area (Å²) in [5.74, 6) is 1.92. The Labute approximate surface area is 127 Å². The first-order chi connectivity index (χ1) is 9.97. The lowest BCUT2D eigenvalue weighted by molar-refractivity contribution is -0.121. The molecular weight excluding hydrogens is 268 g/mol. The molecule has 0 spiro atoms. The van der Waals surface area contributed by atoms with Crippen LogP contribution < -0.4 is 20.1 Å². The van der Waals surface area contributed by atoms with Gasteiger partial charge in [-0.05, 0) is 31.4 Å². The largest absolute Gasteiger partial charge is 0.497 e. The van der Waals surface area contributed by atoms with E-state index >= 15 is 0 Å². The van der Waals surface area contributed by atoms with Crippen molar-refractivity contribution >= 4 is 11.6 Å². The number of ether oxygens (including phenoxy) is 2. The van der Waals surface area contributed by atoms with Gasteiger partial charge in [-0.3, -0.25) is 4.79 Å². The third-order valence-electron chi connectivity index (χ3n) is 3.19. The van der Waals surface area contributed by atoms with Crippen LogP contribution in [-0.4, -0.2) is 32.7 Å². The highest BCUT2D eigenvalue weighted by molar-refractivity contribution is 5.84. The van der Waals surface area contributed by atoms with Gasteiger partial charge in [0.15, 0.2) is 0 Å². The van der Waals surface area contributed by atoms with E-state index in [-0.39, 0.29) is 11.9 Å². The molecule has 0 aromatic heterocycles. The second-order valence-electron chi connectivity index (χ2n) is 5.41. The van der Waals surface area contributed by atoms with Crippen LogP contribution in [0.3, 0.4) is 0 Å². The summed E-state index contributed by atoms with van der Waals surface area (Å²) in [4.78, 5) is 12.0. The molecule has 118 valence electrons. The highest BCUT2D eigenvalue weighted by atomic mass is 16.5. The van der Waals surface area contributed by atoms with Gasteiger partial charge in [-0.15, -0.1) is 0 Å². The fourth-order valence-electron chi connectivity index (χ4n) is 1.85. The van der Waals surface area contributed by atoms with E-state index in [1.165, 1.54) is 0 Å². The minimum absolute atomic E-state index is 0.0199. The van der Waals surface area contributed by atoms with Crippen molar-refractivity contribution in [1.29, 1.82) is 0 Å². The Hall–Kier alpha value is -1.91. The highest BCUT2D eigenvalue weighted by Crippen LogP contribution is 2.29. The lowest BCUT2D eigenvalue weighted by Crippen LogP contribution is -2.38. The first-order valence-corrected chi connectivity index (χ1v) is 7.24. The summed E-state index contributed by atoms with van der Waals surface area (Å²) >= 11 is 0. The van der Waals surface area contributed by atoms with E-state index in [0.717, 1.165) is 12.1 Å². The van der Waals surface area contributed by atoms with Crippen molar-refractivity contribution in [1.82, 2.24) is 5.32 Å². The number of carbonyl (C=O) groups excluding carboxylic acids is 1. The third-order valence-corrected chi connectivity index (χ3v) is 3.19. The summed E-state index contributed by atoms with van der Waals surface area (Å²) in [7, 11) is 3.19. The number of carbonyl (C=O) groups is 1. The van der Waals surface area contributed by atoms with Gasteiger partial charge in [-0.25, -0.2) is 0 Å². The fraction of sp³-hybridized carbons (Fsp3) is 0.562. The molecule has 0 aliphatic rings. The first kappa shape index (κ1) is 17.1. The van der Waals surface area contributed by atoms with Crippen LogP contribution in [0.25, 0.3) is 0 Å². The van der Waals surface area contributed by atoms with E-state index in [4.69, 9.17) is 9.47 Å². The van der Waals surface area contributed by atoms with Gasteiger partial charge in [0.1, 0.15) is 17.5 Å². The van der Waals surface area contributed by atoms with Crippen LogP contribution in [0.5, 0.6) is 11.5 Å². The number of methoxy groups -OCH3 is 2. The predicted molar refractivity (Wildman–Crippen MR) is 85.1 cm³/mol. The smallest absolute Gasteiger partial charge is 0.242 e. The van der Waals surface area contributed by atoms with Crippen LogP contribution in [0, 0.1) is 5.92 Å². The SMILES string of the molecule is COc1ccc(NC(C)C(=O)NCCC(C)C)c(OC)c1. The molecule has 0 saturated heterocycles. The molecule has 0 heterocycles. The lowest BCUT2D eigenvalue weighted by Gasteiger charge is -2.18. The Bertz CT molecular complexity index is 461. The zero-order valence-electron chi connectivity index (χ0n) is 13.5. The van der Waals surface area contributed by atoms with Crippen LogP contribution in [0.1, 0.15) is 27.2 Å². The topological polar surface area (TPSA) is 59.6 Å². The standard InChI is InChI=1S/C16H26N2O3/c1-11(2)8-9-17-16(19)12(3)18-14-7-6-13(20-4)10-15(14)21-5/h6-7,10-12,18H,8-9H2,1-5H3,(H,17,19). The van der Waals surface area contributed by atoms with Gasteiger partial charge in [0.2, 0.25) is 5.91 Å². The minimum Gasteiger partial charge on any atom is -0.497 e. The molecule has 2 N–H and O–H groups in total. The molecule has 1 amide bonds.